The van der Waals surface area contributed by atoms with Crippen molar-refractivity contribution in [3.05, 3.63) is 39.4 Å². The van der Waals surface area contributed by atoms with Crippen molar-refractivity contribution in [3.63, 3.8) is 0 Å². The van der Waals surface area contributed by atoms with Crippen molar-refractivity contribution in [2.24, 2.45) is 0 Å². The summed E-state index contributed by atoms with van der Waals surface area (Å²) in [5.41, 5.74) is -1.96. The highest BCUT2D eigenvalue weighted by Gasteiger charge is 2.27. The molecule has 1 N–H and O–H groups in total. The summed E-state index contributed by atoms with van der Waals surface area (Å²) < 4.78 is 37.1. The van der Waals surface area contributed by atoms with Gasteiger partial charge in [-0.15, -0.1) is 0 Å². The SMILES string of the molecule is CCOC(=O)CC[C@H](NC(=O)c1cc(F)c([N+](=O)[O-])cc1F)C(=O)OCC. The maximum Gasteiger partial charge on any atom is 0.328 e. The summed E-state index contributed by atoms with van der Waals surface area (Å²) in [5, 5.41) is 12.7. The van der Waals surface area contributed by atoms with Gasteiger partial charge in [-0.3, -0.25) is 19.7 Å². The Balaban J connectivity index is 2.98. The van der Waals surface area contributed by atoms with E-state index < -0.39 is 51.7 Å². The molecular formula is C16H18F2N2O7. The van der Waals surface area contributed by atoms with Crippen LogP contribution in [0.15, 0.2) is 12.1 Å². The molecule has 0 unspecified atom stereocenters. The number of ether oxygens (including phenoxy) is 2. The van der Waals surface area contributed by atoms with E-state index in [1.807, 2.05) is 0 Å². The zero-order valence-corrected chi connectivity index (χ0v) is 14.6. The molecule has 0 saturated carbocycles. The predicted octanol–water partition coefficient (Wildman–Crippen LogP) is 1.88. The monoisotopic (exact) mass is 388 g/mol. The Morgan fingerprint density at radius 1 is 1.15 bits per heavy atom. The zero-order chi connectivity index (χ0) is 20.6. The number of hydrogen-bond donors (Lipinski definition) is 1. The molecule has 0 spiro atoms. The highest BCUT2D eigenvalue weighted by Crippen LogP contribution is 2.21. The van der Waals surface area contributed by atoms with E-state index in [1.165, 1.54) is 6.92 Å². The van der Waals surface area contributed by atoms with Gasteiger partial charge in [0.05, 0.1) is 29.8 Å². The number of carbonyl (C=O) groups excluding carboxylic acids is 3. The summed E-state index contributed by atoms with van der Waals surface area (Å²) in [7, 11) is 0. The van der Waals surface area contributed by atoms with Gasteiger partial charge in [-0.25, -0.2) is 9.18 Å². The molecule has 0 aliphatic rings. The molecule has 0 bridgehead atoms. The normalized spacial score (nSPS) is 11.4. The number of esters is 2. The summed E-state index contributed by atoms with van der Waals surface area (Å²) in [4.78, 5) is 45.0. The highest BCUT2D eigenvalue weighted by molar-refractivity contribution is 5.97. The number of rotatable bonds is 9. The third kappa shape index (κ3) is 6.28. The largest absolute Gasteiger partial charge is 0.466 e. The quantitative estimate of drug-likeness (QED) is 0.389. The molecule has 0 radical (unpaired) electrons. The van der Waals surface area contributed by atoms with E-state index in [9.17, 15) is 33.3 Å². The minimum atomic E-state index is -1.41. The van der Waals surface area contributed by atoms with Crippen LogP contribution in [0.4, 0.5) is 14.5 Å². The molecule has 148 valence electrons. The minimum Gasteiger partial charge on any atom is -0.466 e. The van der Waals surface area contributed by atoms with E-state index in [4.69, 9.17) is 9.47 Å². The van der Waals surface area contributed by atoms with Crippen LogP contribution in [-0.4, -0.2) is 42.0 Å². The first-order valence-electron chi connectivity index (χ1n) is 7.97. The second-order valence-electron chi connectivity index (χ2n) is 5.16. The van der Waals surface area contributed by atoms with Crippen molar-refractivity contribution in [1.29, 1.82) is 0 Å². The average molecular weight is 388 g/mol. The first-order valence-corrected chi connectivity index (χ1v) is 7.97. The lowest BCUT2D eigenvalue weighted by Crippen LogP contribution is -2.42. The molecule has 0 aromatic heterocycles. The van der Waals surface area contributed by atoms with E-state index >= 15 is 0 Å². The Morgan fingerprint density at radius 3 is 2.33 bits per heavy atom. The van der Waals surface area contributed by atoms with Gasteiger partial charge in [-0.05, 0) is 26.3 Å². The van der Waals surface area contributed by atoms with Crippen molar-refractivity contribution in [1.82, 2.24) is 5.32 Å². The molecule has 1 aromatic carbocycles. The molecule has 0 saturated heterocycles. The van der Waals surface area contributed by atoms with Gasteiger partial charge >= 0.3 is 17.6 Å². The Labute approximate surface area is 152 Å². The van der Waals surface area contributed by atoms with Crippen LogP contribution in [0.25, 0.3) is 0 Å². The van der Waals surface area contributed by atoms with Gasteiger partial charge in [0.25, 0.3) is 5.91 Å². The van der Waals surface area contributed by atoms with Crippen LogP contribution in [0, 0.1) is 21.7 Å². The summed E-state index contributed by atoms with van der Waals surface area (Å²) in [6.45, 7) is 3.23. The van der Waals surface area contributed by atoms with Gasteiger partial charge < -0.3 is 14.8 Å². The number of nitro benzene ring substituents is 1. The standard InChI is InChI=1S/C16H18F2N2O7/c1-3-26-14(21)6-5-12(16(23)27-4-2)19-15(22)9-7-11(18)13(20(24)25)8-10(9)17/h7-8,12H,3-6H2,1-2H3,(H,19,22)/t12-/m0/s1. The molecule has 0 heterocycles. The van der Waals surface area contributed by atoms with E-state index in [1.54, 1.807) is 6.92 Å². The molecule has 1 aromatic rings. The number of amides is 1. The molecule has 0 fully saturated rings. The highest BCUT2D eigenvalue weighted by atomic mass is 19.1. The second kappa shape index (κ2) is 10.1. The number of nitrogens with zero attached hydrogens (tertiary/aromatic N) is 1. The molecule has 27 heavy (non-hydrogen) atoms. The topological polar surface area (TPSA) is 125 Å². The zero-order valence-electron chi connectivity index (χ0n) is 14.6. The fourth-order valence-electron chi connectivity index (χ4n) is 2.07. The molecule has 0 aliphatic heterocycles. The molecule has 11 heteroatoms. The predicted molar refractivity (Wildman–Crippen MR) is 86.8 cm³/mol. The number of halogens is 2. The number of hydrogen-bond acceptors (Lipinski definition) is 7. The number of nitrogens with one attached hydrogen (secondary N) is 1. The van der Waals surface area contributed by atoms with Crippen molar-refractivity contribution >= 4 is 23.5 Å². The van der Waals surface area contributed by atoms with E-state index in [-0.39, 0.29) is 32.1 Å². The van der Waals surface area contributed by atoms with Gasteiger partial charge in [0, 0.05) is 6.42 Å². The fourth-order valence-corrected chi connectivity index (χ4v) is 2.07. The average Bonchev–Trinajstić information content (AvgIpc) is 2.60. The number of nitro groups is 1. The smallest absolute Gasteiger partial charge is 0.328 e. The van der Waals surface area contributed by atoms with Crippen molar-refractivity contribution in [2.45, 2.75) is 32.7 Å². The Hall–Kier alpha value is -3.11. The van der Waals surface area contributed by atoms with E-state index in [0.717, 1.165) is 0 Å². The first-order chi connectivity index (χ1) is 12.7. The Kier molecular flexibility index (Phi) is 8.24. The summed E-state index contributed by atoms with van der Waals surface area (Å²) in [5.74, 6) is -5.44. The maximum absolute atomic E-state index is 13.9. The molecule has 0 aliphatic carbocycles. The summed E-state index contributed by atoms with van der Waals surface area (Å²) in [6, 6.07) is -0.696. The number of benzene rings is 1. The molecule has 1 rings (SSSR count). The van der Waals surface area contributed by atoms with Gasteiger partial charge in [0.1, 0.15) is 11.9 Å². The van der Waals surface area contributed by atoms with E-state index in [2.05, 4.69) is 5.32 Å². The van der Waals surface area contributed by atoms with Crippen molar-refractivity contribution in [2.75, 3.05) is 13.2 Å². The summed E-state index contributed by atoms with van der Waals surface area (Å²) in [6.07, 6.45) is -0.421. The second-order valence-corrected chi connectivity index (χ2v) is 5.16. The molecule has 1 atom stereocenters. The Morgan fingerprint density at radius 2 is 1.78 bits per heavy atom. The summed E-state index contributed by atoms with van der Waals surface area (Å²) >= 11 is 0. The minimum absolute atomic E-state index is 0.00880. The van der Waals surface area contributed by atoms with Crippen LogP contribution in [-0.2, 0) is 19.1 Å². The molecule has 9 nitrogen and oxygen atoms in total. The van der Waals surface area contributed by atoms with Crippen LogP contribution < -0.4 is 5.32 Å². The Bertz CT molecular complexity index is 740. The van der Waals surface area contributed by atoms with Crippen LogP contribution in [0.2, 0.25) is 0 Å². The third-order valence-corrected chi connectivity index (χ3v) is 3.30. The van der Waals surface area contributed by atoms with Crippen LogP contribution in [0.5, 0.6) is 0 Å². The third-order valence-electron chi connectivity index (χ3n) is 3.30. The lowest BCUT2D eigenvalue weighted by molar-refractivity contribution is -0.387. The van der Waals surface area contributed by atoms with Crippen LogP contribution in [0.1, 0.15) is 37.0 Å². The van der Waals surface area contributed by atoms with Gasteiger partial charge in [-0.2, -0.15) is 4.39 Å². The molecule has 1 amide bonds. The van der Waals surface area contributed by atoms with Gasteiger partial charge in [-0.1, -0.05) is 0 Å². The van der Waals surface area contributed by atoms with Crippen LogP contribution >= 0.6 is 0 Å². The fraction of sp³-hybridized carbons (Fsp3) is 0.438. The number of carbonyl (C=O) groups is 3. The van der Waals surface area contributed by atoms with E-state index in [0.29, 0.717) is 6.07 Å². The molecular weight excluding hydrogens is 370 g/mol. The lowest BCUT2D eigenvalue weighted by atomic mass is 10.1. The first kappa shape index (κ1) is 21.9. The maximum atomic E-state index is 13.9. The van der Waals surface area contributed by atoms with Gasteiger partial charge in [0.2, 0.25) is 5.82 Å². The van der Waals surface area contributed by atoms with Crippen molar-refractivity contribution in [3.8, 4) is 0 Å². The van der Waals surface area contributed by atoms with Crippen molar-refractivity contribution < 1.29 is 37.6 Å². The van der Waals surface area contributed by atoms with Gasteiger partial charge in [0.15, 0.2) is 0 Å². The lowest BCUT2D eigenvalue weighted by Gasteiger charge is -2.17. The van der Waals surface area contributed by atoms with Crippen LogP contribution in [0.3, 0.4) is 0 Å².